The highest BCUT2D eigenvalue weighted by molar-refractivity contribution is 9.10. The zero-order valence-corrected chi connectivity index (χ0v) is 11.7. The number of halogens is 1. The van der Waals surface area contributed by atoms with Gasteiger partial charge in [0.15, 0.2) is 0 Å². The second-order valence-electron chi connectivity index (χ2n) is 4.06. The van der Waals surface area contributed by atoms with Gasteiger partial charge in [0.05, 0.1) is 0 Å². The van der Waals surface area contributed by atoms with E-state index in [0.717, 1.165) is 30.7 Å². The minimum absolute atomic E-state index is 0.939. The minimum atomic E-state index is 0.939. The molecule has 2 N–H and O–H groups in total. The normalized spacial score (nSPS) is 10.7. The van der Waals surface area contributed by atoms with E-state index in [1.54, 1.807) is 0 Å². The van der Waals surface area contributed by atoms with Crippen molar-refractivity contribution in [3.05, 3.63) is 33.8 Å². The van der Waals surface area contributed by atoms with Crippen LogP contribution >= 0.6 is 15.9 Å². The summed E-state index contributed by atoms with van der Waals surface area (Å²) in [5.74, 6) is 0. The smallest absolute Gasteiger partial charge is 0.0206 e. The molecule has 0 atom stereocenters. The van der Waals surface area contributed by atoms with Crippen molar-refractivity contribution in [2.75, 3.05) is 19.6 Å². The summed E-state index contributed by atoms with van der Waals surface area (Å²) < 4.78 is 1.16. The molecule has 0 unspecified atom stereocenters. The second-order valence-corrected chi connectivity index (χ2v) is 4.98. The molecule has 0 fully saturated rings. The van der Waals surface area contributed by atoms with Crippen LogP contribution in [0.1, 0.15) is 24.5 Å². The van der Waals surface area contributed by atoms with Crippen molar-refractivity contribution in [1.29, 1.82) is 0 Å². The monoisotopic (exact) mass is 284 g/mol. The molecule has 0 saturated carbocycles. The van der Waals surface area contributed by atoms with E-state index in [9.17, 15) is 0 Å². The Hall–Kier alpha value is -0.380. The van der Waals surface area contributed by atoms with Crippen LogP contribution in [-0.4, -0.2) is 19.6 Å². The maximum absolute atomic E-state index is 3.52. The maximum Gasteiger partial charge on any atom is 0.0206 e. The molecule has 0 amide bonds. The predicted molar refractivity (Wildman–Crippen MR) is 73.7 cm³/mol. The first-order chi connectivity index (χ1) is 7.72. The lowest BCUT2D eigenvalue weighted by atomic mass is 10.1. The van der Waals surface area contributed by atoms with Crippen molar-refractivity contribution >= 4 is 15.9 Å². The summed E-state index contributed by atoms with van der Waals surface area (Å²) in [5.41, 5.74) is 2.64. The molecule has 0 saturated heterocycles. The molecule has 0 heterocycles. The highest BCUT2D eigenvalue weighted by Gasteiger charge is 1.96. The Labute approximate surface area is 107 Å². The predicted octanol–water partition coefficient (Wildman–Crippen LogP) is 2.85. The van der Waals surface area contributed by atoms with E-state index in [4.69, 9.17) is 0 Å². The van der Waals surface area contributed by atoms with Crippen LogP contribution in [-0.2, 0) is 6.54 Å². The molecular formula is C13H21BrN2. The quantitative estimate of drug-likeness (QED) is 0.753. The van der Waals surface area contributed by atoms with Crippen molar-refractivity contribution in [1.82, 2.24) is 10.6 Å². The van der Waals surface area contributed by atoms with Gasteiger partial charge in [-0.25, -0.2) is 0 Å². The highest BCUT2D eigenvalue weighted by atomic mass is 79.9. The third-order valence-electron chi connectivity index (χ3n) is 2.34. The van der Waals surface area contributed by atoms with Gasteiger partial charge in [-0.15, -0.1) is 0 Å². The van der Waals surface area contributed by atoms with Crippen LogP contribution in [0.15, 0.2) is 22.7 Å². The molecule has 1 rings (SSSR count). The van der Waals surface area contributed by atoms with Crippen LogP contribution in [0.25, 0.3) is 0 Å². The van der Waals surface area contributed by atoms with Gasteiger partial charge in [0.1, 0.15) is 0 Å². The third kappa shape index (κ3) is 5.64. The van der Waals surface area contributed by atoms with Crippen LogP contribution in [0.2, 0.25) is 0 Å². The van der Waals surface area contributed by atoms with Gasteiger partial charge in [0, 0.05) is 24.1 Å². The van der Waals surface area contributed by atoms with E-state index in [2.05, 4.69) is 58.6 Å². The van der Waals surface area contributed by atoms with Crippen LogP contribution in [0, 0.1) is 6.92 Å². The molecule has 0 aliphatic rings. The van der Waals surface area contributed by atoms with Gasteiger partial charge in [-0.1, -0.05) is 28.9 Å². The van der Waals surface area contributed by atoms with Gasteiger partial charge in [-0.3, -0.25) is 0 Å². The first-order valence-corrected chi connectivity index (χ1v) is 6.69. The maximum atomic E-state index is 3.52. The second kappa shape index (κ2) is 7.82. The highest BCUT2D eigenvalue weighted by Crippen LogP contribution is 2.14. The van der Waals surface area contributed by atoms with Crippen LogP contribution in [0.3, 0.4) is 0 Å². The zero-order chi connectivity index (χ0) is 11.8. The molecule has 1 aromatic rings. The molecular weight excluding hydrogens is 264 g/mol. The van der Waals surface area contributed by atoms with Crippen LogP contribution in [0.5, 0.6) is 0 Å². The molecule has 0 spiro atoms. The van der Waals surface area contributed by atoms with Crippen molar-refractivity contribution in [2.45, 2.75) is 26.8 Å². The fourth-order valence-electron chi connectivity index (χ4n) is 1.63. The molecule has 0 radical (unpaired) electrons. The molecule has 1 aromatic carbocycles. The average molecular weight is 285 g/mol. The molecule has 0 aliphatic heterocycles. The topological polar surface area (TPSA) is 24.1 Å². The SMILES string of the molecule is CCCNCCNCc1cc(C)cc(Br)c1. The summed E-state index contributed by atoms with van der Waals surface area (Å²) in [7, 11) is 0. The van der Waals surface area contributed by atoms with E-state index in [1.165, 1.54) is 17.5 Å². The number of hydrogen-bond acceptors (Lipinski definition) is 2. The Morgan fingerprint density at radius 1 is 1.06 bits per heavy atom. The van der Waals surface area contributed by atoms with Gasteiger partial charge in [0.25, 0.3) is 0 Å². The number of hydrogen-bond donors (Lipinski definition) is 2. The van der Waals surface area contributed by atoms with E-state index >= 15 is 0 Å². The minimum Gasteiger partial charge on any atom is -0.315 e. The summed E-state index contributed by atoms with van der Waals surface area (Å²) in [6, 6.07) is 6.52. The van der Waals surface area contributed by atoms with Crippen molar-refractivity contribution in [3.63, 3.8) is 0 Å². The zero-order valence-electron chi connectivity index (χ0n) is 10.1. The Morgan fingerprint density at radius 2 is 1.81 bits per heavy atom. The molecule has 90 valence electrons. The lowest BCUT2D eigenvalue weighted by molar-refractivity contribution is 0.606. The lowest BCUT2D eigenvalue weighted by Gasteiger charge is -2.07. The molecule has 2 nitrogen and oxygen atoms in total. The van der Waals surface area contributed by atoms with Gasteiger partial charge >= 0.3 is 0 Å². The van der Waals surface area contributed by atoms with Gasteiger partial charge in [0.2, 0.25) is 0 Å². The summed E-state index contributed by atoms with van der Waals surface area (Å²) in [6.45, 7) is 8.42. The lowest BCUT2D eigenvalue weighted by Crippen LogP contribution is -2.27. The van der Waals surface area contributed by atoms with E-state index in [1.807, 2.05) is 0 Å². The third-order valence-corrected chi connectivity index (χ3v) is 2.79. The number of aryl methyl sites for hydroxylation is 1. The Balaban J connectivity index is 2.21. The van der Waals surface area contributed by atoms with Gasteiger partial charge in [-0.05, 0) is 43.1 Å². The van der Waals surface area contributed by atoms with Crippen molar-refractivity contribution in [3.8, 4) is 0 Å². The average Bonchev–Trinajstić information content (AvgIpc) is 2.22. The van der Waals surface area contributed by atoms with Crippen molar-refractivity contribution in [2.24, 2.45) is 0 Å². The number of rotatable bonds is 7. The Morgan fingerprint density at radius 3 is 2.50 bits per heavy atom. The van der Waals surface area contributed by atoms with E-state index < -0.39 is 0 Å². The number of nitrogens with one attached hydrogen (secondary N) is 2. The summed E-state index contributed by atoms with van der Waals surface area (Å²) >= 11 is 3.52. The molecule has 0 aliphatic carbocycles. The Bertz CT molecular complexity index is 293. The van der Waals surface area contributed by atoms with Gasteiger partial charge < -0.3 is 10.6 Å². The Kier molecular flexibility index (Phi) is 6.69. The van der Waals surface area contributed by atoms with Gasteiger partial charge in [-0.2, -0.15) is 0 Å². The van der Waals surface area contributed by atoms with Crippen LogP contribution < -0.4 is 10.6 Å². The van der Waals surface area contributed by atoms with Crippen molar-refractivity contribution < 1.29 is 0 Å². The summed E-state index contributed by atoms with van der Waals surface area (Å²) in [5, 5.41) is 6.80. The fourth-order valence-corrected chi connectivity index (χ4v) is 2.28. The molecule has 3 heteroatoms. The van der Waals surface area contributed by atoms with E-state index in [-0.39, 0.29) is 0 Å². The standard InChI is InChI=1S/C13H21BrN2/c1-3-4-15-5-6-16-10-12-7-11(2)8-13(14)9-12/h7-9,15-16H,3-6,10H2,1-2H3. The first-order valence-electron chi connectivity index (χ1n) is 5.90. The first kappa shape index (κ1) is 13.7. The molecule has 16 heavy (non-hydrogen) atoms. The molecule has 0 aromatic heterocycles. The summed E-state index contributed by atoms with van der Waals surface area (Å²) in [6.07, 6.45) is 1.20. The summed E-state index contributed by atoms with van der Waals surface area (Å²) in [4.78, 5) is 0. The van der Waals surface area contributed by atoms with E-state index in [0.29, 0.717) is 0 Å². The largest absolute Gasteiger partial charge is 0.315 e. The van der Waals surface area contributed by atoms with Crippen LogP contribution in [0.4, 0.5) is 0 Å². The molecule has 0 bridgehead atoms. The fraction of sp³-hybridized carbons (Fsp3) is 0.538. The number of benzene rings is 1.